The van der Waals surface area contributed by atoms with Gasteiger partial charge in [0.05, 0.1) is 0 Å². The number of hydrogen-bond acceptors (Lipinski definition) is 5. The molecule has 3 aromatic rings. The zero-order chi connectivity index (χ0) is 27.8. The monoisotopic (exact) mass is 527 g/mol. The molecule has 39 heavy (non-hydrogen) atoms. The van der Waals surface area contributed by atoms with Crippen molar-refractivity contribution in [3.05, 3.63) is 66.2 Å². The van der Waals surface area contributed by atoms with Crippen molar-refractivity contribution in [2.75, 3.05) is 12.4 Å². The van der Waals surface area contributed by atoms with E-state index in [1.165, 1.54) is 51.0 Å². The van der Waals surface area contributed by atoms with E-state index in [0.29, 0.717) is 24.2 Å². The minimum absolute atomic E-state index is 0.172. The quantitative estimate of drug-likeness (QED) is 0.392. The summed E-state index contributed by atoms with van der Waals surface area (Å²) in [5, 5.41) is 11.3. The van der Waals surface area contributed by atoms with Gasteiger partial charge in [-0.15, -0.1) is 10.2 Å². The molecule has 0 spiro atoms. The van der Waals surface area contributed by atoms with E-state index in [2.05, 4.69) is 39.8 Å². The van der Waals surface area contributed by atoms with Crippen LogP contribution in [0, 0.1) is 0 Å². The molecule has 0 bridgehead atoms. The second-order valence-electron chi connectivity index (χ2n) is 10.8. The average molecular weight is 528 g/mol. The van der Waals surface area contributed by atoms with Crippen molar-refractivity contribution in [3.63, 3.8) is 0 Å². The number of aromatic nitrogens is 2. The Bertz CT molecular complexity index is 1250. The molecule has 2 aromatic carbocycles. The van der Waals surface area contributed by atoms with E-state index in [4.69, 9.17) is 5.73 Å². The highest BCUT2D eigenvalue weighted by Gasteiger charge is 2.34. The second-order valence-corrected chi connectivity index (χ2v) is 10.8. The Labute approximate surface area is 232 Å². The van der Waals surface area contributed by atoms with Crippen LogP contribution >= 0.6 is 0 Å². The van der Waals surface area contributed by atoms with Gasteiger partial charge in [0.1, 0.15) is 5.69 Å². The molecule has 2 fully saturated rings. The Morgan fingerprint density at radius 3 is 2.18 bits per heavy atom. The highest BCUT2D eigenvalue weighted by atomic mass is 16.2. The van der Waals surface area contributed by atoms with Gasteiger partial charge in [0.15, 0.2) is 5.82 Å². The molecule has 0 unspecified atom stereocenters. The van der Waals surface area contributed by atoms with Crippen LogP contribution in [0.2, 0.25) is 0 Å². The van der Waals surface area contributed by atoms with Gasteiger partial charge in [0.2, 0.25) is 11.8 Å². The van der Waals surface area contributed by atoms with Gasteiger partial charge in [-0.2, -0.15) is 0 Å². The van der Waals surface area contributed by atoms with Gasteiger partial charge >= 0.3 is 0 Å². The first kappa shape index (κ1) is 28.4. The minimum atomic E-state index is -0.179. The second kappa shape index (κ2) is 13.0. The largest absolute Gasteiger partial charge is 0.343 e. The first-order valence-electron chi connectivity index (χ1n) is 14.2. The van der Waals surface area contributed by atoms with Crippen LogP contribution in [0.15, 0.2) is 60.7 Å². The van der Waals surface area contributed by atoms with Crippen molar-refractivity contribution < 1.29 is 9.59 Å². The smallest absolute Gasteiger partial charge is 0.222 e. The molecule has 2 aliphatic rings. The molecule has 1 heterocycles. The predicted molar refractivity (Wildman–Crippen MR) is 157 cm³/mol. The minimum Gasteiger partial charge on any atom is -0.343 e. The van der Waals surface area contributed by atoms with Crippen LogP contribution in [0.5, 0.6) is 0 Å². The summed E-state index contributed by atoms with van der Waals surface area (Å²) < 4.78 is 0. The fourth-order valence-corrected chi connectivity index (χ4v) is 5.41. The summed E-state index contributed by atoms with van der Waals surface area (Å²) in [4.78, 5) is 24.7. The van der Waals surface area contributed by atoms with Crippen molar-refractivity contribution in [2.24, 2.45) is 5.73 Å². The third-order valence-corrected chi connectivity index (χ3v) is 7.98. The van der Waals surface area contributed by atoms with E-state index < -0.39 is 0 Å². The number of hydrogen-bond donors (Lipinski definition) is 2. The van der Waals surface area contributed by atoms with Gasteiger partial charge in [0.25, 0.3) is 0 Å². The maximum Gasteiger partial charge on any atom is 0.222 e. The highest BCUT2D eigenvalue weighted by molar-refractivity contribution is 5.90. The predicted octanol–water partition coefficient (Wildman–Crippen LogP) is 6.29. The van der Waals surface area contributed by atoms with Gasteiger partial charge in [-0.25, -0.2) is 0 Å². The van der Waals surface area contributed by atoms with Crippen molar-refractivity contribution in [3.8, 4) is 22.4 Å². The SMILES string of the molecule is CC(=O)Nc1cc(-c2ccccc2)c(-c2ccc(C3(N)CCC3)cc2)nn1.CCC(=O)N(C)C1CCCCC1. The molecule has 3 N–H and O–H groups in total. The number of rotatable bonds is 6. The molecular weight excluding hydrogens is 486 g/mol. The fraction of sp³-hybridized carbons (Fsp3) is 0.438. The van der Waals surface area contributed by atoms with Crippen LogP contribution in [0.25, 0.3) is 22.4 Å². The van der Waals surface area contributed by atoms with E-state index in [1.54, 1.807) is 0 Å². The van der Waals surface area contributed by atoms with Crippen molar-refractivity contribution >= 4 is 17.6 Å². The van der Waals surface area contributed by atoms with Gasteiger partial charge in [-0.3, -0.25) is 9.59 Å². The first-order chi connectivity index (χ1) is 18.8. The number of amides is 2. The lowest BCUT2D eigenvalue weighted by Crippen LogP contribution is -2.43. The number of carbonyl (C=O) groups excluding carboxylic acids is 2. The molecule has 0 saturated heterocycles. The maximum absolute atomic E-state index is 11.4. The molecule has 2 amide bonds. The Hall–Kier alpha value is -3.58. The number of anilines is 1. The number of benzene rings is 2. The van der Waals surface area contributed by atoms with E-state index in [0.717, 1.165) is 35.2 Å². The molecule has 5 rings (SSSR count). The van der Waals surface area contributed by atoms with E-state index in [1.807, 2.05) is 55.3 Å². The summed E-state index contributed by atoms with van der Waals surface area (Å²) in [6.45, 7) is 3.39. The van der Waals surface area contributed by atoms with Crippen LogP contribution in [0.1, 0.15) is 77.2 Å². The standard InChI is InChI=1S/C22H22N4O.C10H19NO/c1-15(27)24-20-14-19(16-6-3-2-4-7-16)21(26-25-20)17-8-10-18(11-9-17)22(23)12-5-13-22;1-3-10(12)11(2)9-7-5-4-6-8-9/h2-4,6-11,14H,5,12-13,23H2,1H3,(H,24,25,27);9H,3-8H2,1-2H3. The van der Waals surface area contributed by atoms with Gasteiger partial charge in [0, 0.05) is 43.1 Å². The first-order valence-corrected chi connectivity index (χ1v) is 14.2. The maximum atomic E-state index is 11.4. The molecule has 0 aliphatic heterocycles. The van der Waals surface area contributed by atoms with Crippen molar-refractivity contribution in [1.82, 2.24) is 15.1 Å². The van der Waals surface area contributed by atoms with Crippen LogP contribution in [-0.2, 0) is 15.1 Å². The number of carbonyl (C=O) groups is 2. The summed E-state index contributed by atoms with van der Waals surface area (Å²) in [6, 6.07) is 20.7. The van der Waals surface area contributed by atoms with E-state index >= 15 is 0 Å². The highest BCUT2D eigenvalue weighted by Crippen LogP contribution is 2.39. The van der Waals surface area contributed by atoms with Crippen molar-refractivity contribution in [2.45, 2.75) is 83.2 Å². The lowest BCUT2D eigenvalue weighted by atomic mass is 9.72. The number of nitrogens with two attached hydrogens (primary N) is 1. The summed E-state index contributed by atoms with van der Waals surface area (Å²) in [5.74, 6) is 0.563. The fourth-order valence-electron chi connectivity index (χ4n) is 5.41. The van der Waals surface area contributed by atoms with Gasteiger partial charge in [-0.05, 0) is 49.3 Å². The lowest BCUT2D eigenvalue weighted by Gasteiger charge is -2.38. The van der Waals surface area contributed by atoms with E-state index in [-0.39, 0.29) is 11.4 Å². The molecule has 1 aromatic heterocycles. The summed E-state index contributed by atoms with van der Waals surface area (Å²) in [6.07, 6.45) is 10.3. The summed E-state index contributed by atoms with van der Waals surface area (Å²) in [7, 11) is 1.95. The van der Waals surface area contributed by atoms with Crippen molar-refractivity contribution in [1.29, 1.82) is 0 Å². The third-order valence-electron chi connectivity index (χ3n) is 7.98. The van der Waals surface area contributed by atoms with Gasteiger partial charge in [-0.1, -0.05) is 80.8 Å². The topological polar surface area (TPSA) is 101 Å². The molecule has 2 saturated carbocycles. The third kappa shape index (κ3) is 7.09. The Kier molecular flexibility index (Phi) is 9.46. The number of nitrogens with one attached hydrogen (secondary N) is 1. The Balaban J connectivity index is 0.000000247. The summed E-state index contributed by atoms with van der Waals surface area (Å²) >= 11 is 0. The molecule has 7 heteroatoms. The molecule has 7 nitrogen and oxygen atoms in total. The zero-order valence-corrected chi connectivity index (χ0v) is 23.5. The Morgan fingerprint density at radius 2 is 1.62 bits per heavy atom. The molecular formula is C32H41N5O2. The average Bonchev–Trinajstić information content (AvgIpc) is 2.96. The zero-order valence-electron chi connectivity index (χ0n) is 23.5. The normalized spacial score (nSPS) is 16.3. The van der Waals surface area contributed by atoms with Crippen LogP contribution in [-0.4, -0.2) is 40.0 Å². The molecule has 0 atom stereocenters. The van der Waals surface area contributed by atoms with Crippen LogP contribution in [0.4, 0.5) is 5.82 Å². The summed E-state index contributed by atoms with van der Waals surface area (Å²) in [5.41, 5.74) is 11.1. The van der Waals surface area contributed by atoms with Crippen LogP contribution in [0.3, 0.4) is 0 Å². The van der Waals surface area contributed by atoms with Crippen LogP contribution < -0.4 is 11.1 Å². The number of nitrogens with zero attached hydrogens (tertiary/aromatic N) is 3. The van der Waals surface area contributed by atoms with E-state index in [9.17, 15) is 9.59 Å². The molecule has 2 aliphatic carbocycles. The Morgan fingerprint density at radius 1 is 0.949 bits per heavy atom. The lowest BCUT2D eigenvalue weighted by molar-refractivity contribution is -0.132. The molecule has 206 valence electrons. The van der Waals surface area contributed by atoms with Gasteiger partial charge < -0.3 is 16.0 Å². The molecule has 0 radical (unpaired) electrons.